The van der Waals surface area contributed by atoms with Gasteiger partial charge in [0.15, 0.2) is 0 Å². The number of benzene rings is 1. The molecule has 1 fully saturated rings. The topological polar surface area (TPSA) is 67.4 Å². The fourth-order valence-electron chi connectivity index (χ4n) is 2.27. The third-order valence-electron chi connectivity index (χ3n) is 3.22. The van der Waals surface area contributed by atoms with Gasteiger partial charge in [-0.25, -0.2) is 13.1 Å². The quantitative estimate of drug-likeness (QED) is 0.872. The zero-order valence-electron chi connectivity index (χ0n) is 12.1. The van der Waals surface area contributed by atoms with Crippen molar-refractivity contribution in [3.8, 4) is 0 Å². The van der Waals surface area contributed by atoms with E-state index >= 15 is 0 Å². The summed E-state index contributed by atoms with van der Waals surface area (Å²) in [5, 5.41) is 3.32. The number of anilines is 1. The molecule has 1 saturated heterocycles. The Bertz CT molecular complexity index is 564. The van der Waals surface area contributed by atoms with Crippen molar-refractivity contribution in [2.45, 2.75) is 43.7 Å². The molecule has 0 bridgehead atoms. The van der Waals surface area contributed by atoms with E-state index in [4.69, 9.17) is 4.74 Å². The van der Waals surface area contributed by atoms with Crippen molar-refractivity contribution in [1.29, 1.82) is 0 Å². The van der Waals surface area contributed by atoms with Crippen LogP contribution in [0.5, 0.6) is 0 Å². The molecule has 20 heavy (non-hydrogen) atoms. The molecule has 0 saturated carbocycles. The first-order valence-electron chi connectivity index (χ1n) is 6.80. The van der Waals surface area contributed by atoms with E-state index in [9.17, 15) is 8.42 Å². The molecule has 1 aromatic carbocycles. The van der Waals surface area contributed by atoms with Crippen LogP contribution in [-0.4, -0.2) is 33.2 Å². The van der Waals surface area contributed by atoms with Crippen LogP contribution >= 0.6 is 0 Å². The summed E-state index contributed by atoms with van der Waals surface area (Å²) in [5.74, 6) is 0. The van der Waals surface area contributed by atoms with Crippen molar-refractivity contribution in [2.75, 3.05) is 18.5 Å². The normalized spacial score (nSPS) is 23.2. The van der Waals surface area contributed by atoms with Gasteiger partial charge < -0.3 is 10.1 Å². The highest BCUT2D eigenvalue weighted by Gasteiger charge is 2.31. The molecule has 1 heterocycles. The lowest BCUT2D eigenvalue weighted by Crippen LogP contribution is -2.36. The SMILES string of the molecule is CC(C)NS(=O)(=O)c1ccccc1NC1(C)CCOC1. The van der Waals surface area contributed by atoms with Crippen molar-refractivity contribution in [1.82, 2.24) is 4.72 Å². The van der Waals surface area contributed by atoms with Gasteiger partial charge in [0.25, 0.3) is 0 Å². The molecular weight excluding hydrogens is 276 g/mol. The summed E-state index contributed by atoms with van der Waals surface area (Å²) in [6, 6.07) is 6.83. The Morgan fingerprint density at radius 2 is 2.00 bits per heavy atom. The summed E-state index contributed by atoms with van der Waals surface area (Å²) in [4.78, 5) is 0.279. The Morgan fingerprint density at radius 1 is 1.30 bits per heavy atom. The van der Waals surface area contributed by atoms with Gasteiger partial charge in [-0.1, -0.05) is 12.1 Å². The van der Waals surface area contributed by atoms with Crippen molar-refractivity contribution >= 4 is 15.7 Å². The molecule has 2 rings (SSSR count). The van der Waals surface area contributed by atoms with Crippen LogP contribution in [0, 0.1) is 0 Å². The molecule has 0 amide bonds. The molecule has 0 spiro atoms. The molecule has 0 aromatic heterocycles. The molecule has 1 aliphatic heterocycles. The summed E-state index contributed by atoms with van der Waals surface area (Å²) in [5.41, 5.74) is 0.400. The van der Waals surface area contributed by atoms with Gasteiger partial charge >= 0.3 is 0 Å². The van der Waals surface area contributed by atoms with Crippen molar-refractivity contribution in [3.63, 3.8) is 0 Å². The maximum absolute atomic E-state index is 12.4. The van der Waals surface area contributed by atoms with Crippen molar-refractivity contribution in [3.05, 3.63) is 24.3 Å². The zero-order valence-corrected chi connectivity index (χ0v) is 13.0. The lowest BCUT2D eigenvalue weighted by molar-refractivity contribution is 0.185. The van der Waals surface area contributed by atoms with E-state index in [2.05, 4.69) is 10.0 Å². The fourth-order valence-corrected chi connectivity index (χ4v) is 3.68. The number of nitrogens with one attached hydrogen (secondary N) is 2. The molecular formula is C14H22N2O3S. The highest BCUT2D eigenvalue weighted by Crippen LogP contribution is 2.28. The van der Waals surface area contributed by atoms with E-state index in [-0.39, 0.29) is 16.5 Å². The first-order valence-corrected chi connectivity index (χ1v) is 8.28. The first kappa shape index (κ1) is 15.3. The minimum Gasteiger partial charge on any atom is -0.379 e. The number of para-hydroxylation sites is 1. The number of hydrogen-bond donors (Lipinski definition) is 2. The maximum atomic E-state index is 12.4. The van der Waals surface area contributed by atoms with E-state index in [1.807, 2.05) is 13.0 Å². The number of hydrogen-bond acceptors (Lipinski definition) is 4. The lowest BCUT2D eigenvalue weighted by atomic mass is 10.0. The summed E-state index contributed by atoms with van der Waals surface area (Å²) in [7, 11) is -3.51. The summed E-state index contributed by atoms with van der Waals surface area (Å²) in [6.45, 7) is 6.93. The summed E-state index contributed by atoms with van der Waals surface area (Å²) in [6.07, 6.45) is 0.860. The molecule has 1 aliphatic rings. The molecule has 112 valence electrons. The van der Waals surface area contributed by atoms with Crippen LogP contribution in [0.1, 0.15) is 27.2 Å². The molecule has 1 unspecified atom stereocenters. The average Bonchev–Trinajstić information content (AvgIpc) is 2.74. The van der Waals surface area contributed by atoms with E-state index < -0.39 is 10.0 Å². The first-order chi connectivity index (χ1) is 9.32. The molecule has 1 atom stereocenters. The molecule has 0 radical (unpaired) electrons. The lowest BCUT2D eigenvalue weighted by Gasteiger charge is -2.26. The minimum absolute atomic E-state index is 0.140. The number of sulfonamides is 1. The number of rotatable bonds is 5. The van der Waals surface area contributed by atoms with Crippen LogP contribution in [-0.2, 0) is 14.8 Å². The highest BCUT2D eigenvalue weighted by atomic mass is 32.2. The monoisotopic (exact) mass is 298 g/mol. The molecule has 1 aromatic rings. The predicted molar refractivity (Wildman–Crippen MR) is 79.4 cm³/mol. The molecule has 0 aliphatic carbocycles. The third-order valence-corrected chi connectivity index (χ3v) is 4.94. The van der Waals surface area contributed by atoms with Crippen LogP contribution in [0.4, 0.5) is 5.69 Å². The van der Waals surface area contributed by atoms with E-state index in [0.717, 1.165) is 6.42 Å². The smallest absolute Gasteiger partial charge is 0.242 e. The van der Waals surface area contributed by atoms with Gasteiger partial charge in [0.2, 0.25) is 10.0 Å². The van der Waals surface area contributed by atoms with Crippen molar-refractivity contribution < 1.29 is 13.2 Å². The van der Waals surface area contributed by atoms with Gasteiger partial charge in [0.05, 0.1) is 17.8 Å². The molecule has 2 N–H and O–H groups in total. The van der Waals surface area contributed by atoms with Crippen LogP contribution in [0.25, 0.3) is 0 Å². The second kappa shape index (κ2) is 5.71. The molecule has 5 nitrogen and oxygen atoms in total. The van der Waals surface area contributed by atoms with E-state index in [1.54, 1.807) is 32.0 Å². The fraction of sp³-hybridized carbons (Fsp3) is 0.571. The standard InChI is InChI=1S/C14H22N2O3S/c1-11(2)16-20(17,18)13-7-5-4-6-12(13)15-14(3)8-9-19-10-14/h4-7,11,15-16H,8-10H2,1-3H3. The minimum atomic E-state index is -3.51. The molecule has 6 heteroatoms. The summed E-state index contributed by atoms with van der Waals surface area (Å²) < 4.78 is 32.7. The van der Waals surface area contributed by atoms with Crippen molar-refractivity contribution in [2.24, 2.45) is 0 Å². The second-order valence-corrected chi connectivity index (χ2v) is 7.44. The van der Waals surface area contributed by atoms with Gasteiger partial charge in [0, 0.05) is 12.6 Å². The van der Waals surface area contributed by atoms with Crippen LogP contribution in [0.15, 0.2) is 29.2 Å². The number of ether oxygens (including phenoxy) is 1. The Morgan fingerprint density at radius 3 is 2.60 bits per heavy atom. The van der Waals surface area contributed by atoms with E-state index in [1.165, 1.54) is 0 Å². The zero-order chi connectivity index (χ0) is 14.8. The second-order valence-electron chi connectivity index (χ2n) is 5.76. The van der Waals surface area contributed by atoms with Gasteiger partial charge in [-0.05, 0) is 39.3 Å². The third kappa shape index (κ3) is 3.50. The Kier molecular flexibility index (Phi) is 4.36. The van der Waals surface area contributed by atoms with Gasteiger partial charge in [-0.15, -0.1) is 0 Å². The van der Waals surface area contributed by atoms with Gasteiger partial charge in [-0.2, -0.15) is 0 Å². The van der Waals surface area contributed by atoms with Gasteiger partial charge in [0.1, 0.15) is 4.90 Å². The Hall–Kier alpha value is -1.11. The Balaban J connectivity index is 2.31. The van der Waals surface area contributed by atoms with Crippen LogP contribution < -0.4 is 10.0 Å². The van der Waals surface area contributed by atoms with Crippen LogP contribution in [0.3, 0.4) is 0 Å². The Labute approximate surface area is 120 Å². The average molecular weight is 298 g/mol. The van der Waals surface area contributed by atoms with E-state index in [0.29, 0.717) is 18.9 Å². The van der Waals surface area contributed by atoms with Crippen LogP contribution in [0.2, 0.25) is 0 Å². The van der Waals surface area contributed by atoms with Gasteiger partial charge in [-0.3, -0.25) is 0 Å². The highest BCUT2D eigenvalue weighted by molar-refractivity contribution is 7.89. The summed E-state index contributed by atoms with van der Waals surface area (Å²) >= 11 is 0. The maximum Gasteiger partial charge on any atom is 0.242 e. The largest absolute Gasteiger partial charge is 0.379 e. The predicted octanol–water partition coefficient (Wildman–Crippen LogP) is 1.96.